The van der Waals surface area contributed by atoms with Gasteiger partial charge in [-0.1, -0.05) is 23.4 Å². The van der Waals surface area contributed by atoms with E-state index < -0.39 is 0 Å². The fourth-order valence-corrected chi connectivity index (χ4v) is 3.11. The number of likely N-dealkylation sites (tertiary alicyclic amines) is 1. The molecule has 3 heterocycles. The van der Waals surface area contributed by atoms with E-state index in [9.17, 15) is 4.79 Å². The molecule has 1 unspecified atom stereocenters. The Morgan fingerprint density at radius 1 is 1.28 bits per heavy atom. The fraction of sp³-hybridized carbons (Fsp3) is 0.235. The van der Waals surface area contributed by atoms with Crippen molar-refractivity contribution in [2.75, 3.05) is 6.54 Å². The summed E-state index contributed by atoms with van der Waals surface area (Å²) < 4.78 is 1.78. The molecule has 1 aromatic carbocycles. The lowest BCUT2D eigenvalue weighted by Gasteiger charge is -2.20. The summed E-state index contributed by atoms with van der Waals surface area (Å²) in [5, 5.41) is 18.3. The third kappa shape index (κ3) is 3.06. The minimum absolute atomic E-state index is 0.0532. The van der Waals surface area contributed by atoms with E-state index in [2.05, 4.69) is 25.7 Å². The van der Waals surface area contributed by atoms with Crippen molar-refractivity contribution in [2.24, 2.45) is 0 Å². The summed E-state index contributed by atoms with van der Waals surface area (Å²) >= 11 is 0. The summed E-state index contributed by atoms with van der Waals surface area (Å²) in [5.41, 5.74) is 1.85. The van der Waals surface area contributed by atoms with Gasteiger partial charge < -0.3 is 4.90 Å². The van der Waals surface area contributed by atoms with Gasteiger partial charge in [0.25, 0.3) is 0 Å². The van der Waals surface area contributed by atoms with Gasteiger partial charge >= 0.3 is 0 Å². The van der Waals surface area contributed by atoms with Crippen LogP contribution in [0.15, 0.2) is 48.8 Å². The molecule has 1 fully saturated rings. The first-order valence-corrected chi connectivity index (χ1v) is 8.14. The topological polar surface area (TPSA) is 92.6 Å². The summed E-state index contributed by atoms with van der Waals surface area (Å²) in [6, 6.07) is 9.57. The molecule has 0 saturated carbocycles. The maximum atomic E-state index is 12.7. The number of aromatic amines is 1. The Morgan fingerprint density at radius 2 is 2.20 bits per heavy atom. The zero-order valence-electron chi connectivity index (χ0n) is 13.5. The van der Waals surface area contributed by atoms with Crippen LogP contribution in [-0.4, -0.2) is 47.8 Å². The van der Waals surface area contributed by atoms with Crippen LogP contribution < -0.4 is 0 Å². The second kappa shape index (κ2) is 6.68. The van der Waals surface area contributed by atoms with Crippen molar-refractivity contribution < 1.29 is 4.79 Å². The molecule has 0 bridgehead atoms. The average Bonchev–Trinajstić information content (AvgIpc) is 3.41. The number of para-hydroxylation sites is 1. The second-order valence-electron chi connectivity index (χ2n) is 5.80. The Kier molecular flexibility index (Phi) is 4.07. The maximum Gasteiger partial charge on any atom is 0.247 e. The molecule has 4 rings (SSSR count). The van der Waals surface area contributed by atoms with Crippen molar-refractivity contribution in [3.05, 3.63) is 60.2 Å². The standard InChI is InChI=1S/C17H17N7O/c25-16(23-11-3-7-15(23)17-19-21-22-20-17)9-8-13-5-1-2-6-14(13)24-12-4-10-18-24/h1-2,4-6,8-10,12,15H,3,7,11H2,(H,19,20,21,22)/b9-8+. The largest absolute Gasteiger partial charge is 0.329 e. The lowest BCUT2D eigenvalue weighted by molar-refractivity contribution is -0.127. The average molecular weight is 335 g/mol. The van der Waals surface area contributed by atoms with E-state index in [0.29, 0.717) is 12.4 Å². The lowest BCUT2D eigenvalue weighted by atomic mass is 10.1. The first-order valence-electron chi connectivity index (χ1n) is 8.14. The Balaban J connectivity index is 1.55. The third-order valence-electron chi connectivity index (χ3n) is 4.29. The highest BCUT2D eigenvalue weighted by Gasteiger charge is 2.31. The van der Waals surface area contributed by atoms with Gasteiger partial charge in [-0.3, -0.25) is 4.79 Å². The predicted molar refractivity (Wildman–Crippen MR) is 90.5 cm³/mol. The van der Waals surface area contributed by atoms with E-state index >= 15 is 0 Å². The molecular weight excluding hydrogens is 318 g/mol. The van der Waals surface area contributed by atoms with Crippen molar-refractivity contribution in [3.63, 3.8) is 0 Å². The quantitative estimate of drug-likeness (QED) is 0.734. The number of benzene rings is 1. The molecule has 1 N–H and O–H groups in total. The van der Waals surface area contributed by atoms with Gasteiger partial charge in [0.2, 0.25) is 5.91 Å². The molecule has 1 amide bonds. The Morgan fingerprint density at radius 3 is 3.00 bits per heavy atom. The van der Waals surface area contributed by atoms with Gasteiger partial charge in [0.15, 0.2) is 5.82 Å². The first kappa shape index (κ1) is 15.3. The van der Waals surface area contributed by atoms with Gasteiger partial charge in [-0.25, -0.2) is 4.68 Å². The van der Waals surface area contributed by atoms with Crippen molar-refractivity contribution in [2.45, 2.75) is 18.9 Å². The molecule has 0 spiro atoms. The van der Waals surface area contributed by atoms with E-state index in [1.54, 1.807) is 21.9 Å². The summed E-state index contributed by atoms with van der Waals surface area (Å²) in [7, 11) is 0. The molecule has 2 aromatic heterocycles. The van der Waals surface area contributed by atoms with Crippen LogP contribution in [0.2, 0.25) is 0 Å². The van der Waals surface area contributed by atoms with Crippen molar-refractivity contribution in [3.8, 4) is 5.69 Å². The molecule has 0 radical (unpaired) electrons. The molecule has 0 aliphatic carbocycles. The Hall–Kier alpha value is -3.29. The zero-order valence-corrected chi connectivity index (χ0v) is 13.5. The Bertz CT molecular complexity index is 870. The van der Waals surface area contributed by atoms with E-state index in [4.69, 9.17) is 0 Å². The highest BCUT2D eigenvalue weighted by atomic mass is 16.2. The molecule has 126 valence electrons. The van der Waals surface area contributed by atoms with Crippen LogP contribution in [0.5, 0.6) is 0 Å². The molecule has 25 heavy (non-hydrogen) atoms. The van der Waals surface area contributed by atoms with Crippen LogP contribution in [0.3, 0.4) is 0 Å². The van der Waals surface area contributed by atoms with Crippen molar-refractivity contribution >= 4 is 12.0 Å². The number of amides is 1. The molecule has 1 atom stereocenters. The Labute approximate surface area is 144 Å². The van der Waals surface area contributed by atoms with Crippen molar-refractivity contribution in [1.29, 1.82) is 0 Å². The number of H-pyrrole nitrogens is 1. The van der Waals surface area contributed by atoms with E-state index in [-0.39, 0.29) is 11.9 Å². The molecule has 1 aliphatic rings. The number of aromatic nitrogens is 6. The summed E-state index contributed by atoms with van der Waals surface area (Å²) in [6.45, 7) is 0.698. The minimum Gasteiger partial charge on any atom is -0.329 e. The van der Waals surface area contributed by atoms with Crippen LogP contribution in [0, 0.1) is 0 Å². The normalized spacial score (nSPS) is 17.4. The molecule has 3 aromatic rings. The molecule has 8 nitrogen and oxygen atoms in total. The summed E-state index contributed by atoms with van der Waals surface area (Å²) in [4.78, 5) is 14.4. The number of hydrogen-bond acceptors (Lipinski definition) is 5. The highest BCUT2D eigenvalue weighted by molar-refractivity contribution is 5.92. The number of rotatable bonds is 4. The highest BCUT2D eigenvalue weighted by Crippen LogP contribution is 2.29. The van der Waals surface area contributed by atoms with Gasteiger partial charge in [-0.05, 0) is 31.1 Å². The first-order chi connectivity index (χ1) is 12.3. The predicted octanol–water partition coefficient (Wildman–Crippen LogP) is 1.76. The van der Waals surface area contributed by atoms with Crippen LogP contribution in [0.25, 0.3) is 11.8 Å². The smallest absolute Gasteiger partial charge is 0.247 e. The molecule has 8 heteroatoms. The molecule has 1 aliphatic heterocycles. The maximum absolute atomic E-state index is 12.7. The summed E-state index contributed by atoms with van der Waals surface area (Å²) in [6.07, 6.45) is 8.81. The second-order valence-corrected chi connectivity index (χ2v) is 5.80. The summed E-state index contributed by atoms with van der Waals surface area (Å²) in [5.74, 6) is 0.513. The minimum atomic E-state index is -0.114. The van der Waals surface area contributed by atoms with Crippen LogP contribution in [-0.2, 0) is 4.79 Å². The van der Waals surface area contributed by atoms with Gasteiger partial charge in [-0.15, -0.1) is 10.2 Å². The SMILES string of the molecule is O=C(/C=C/c1ccccc1-n1cccn1)N1CCCC1c1nn[nH]n1. The van der Waals surface area contributed by atoms with Gasteiger partial charge in [0, 0.05) is 30.6 Å². The van der Waals surface area contributed by atoms with E-state index in [1.165, 1.54) is 0 Å². The lowest BCUT2D eigenvalue weighted by Crippen LogP contribution is -2.29. The molecular formula is C17H17N7O. The number of carbonyl (C=O) groups excluding carboxylic acids is 1. The van der Waals surface area contributed by atoms with Crippen LogP contribution >= 0.6 is 0 Å². The van der Waals surface area contributed by atoms with E-state index in [1.807, 2.05) is 42.6 Å². The number of hydrogen-bond donors (Lipinski definition) is 1. The number of carbonyl (C=O) groups is 1. The van der Waals surface area contributed by atoms with E-state index in [0.717, 1.165) is 24.1 Å². The van der Waals surface area contributed by atoms with Gasteiger partial charge in [0.1, 0.15) is 0 Å². The van der Waals surface area contributed by atoms with Gasteiger partial charge in [-0.2, -0.15) is 10.3 Å². The fourth-order valence-electron chi connectivity index (χ4n) is 3.11. The molecule has 1 saturated heterocycles. The van der Waals surface area contributed by atoms with Crippen LogP contribution in [0.4, 0.5) is 0 Å². The van der Waals surface area contributed by atoms with Crippen molar-refractivity contribution in [1.82, 2.24) is 35.3 Å². The third-order valence-corrected chi connectivity index (χ3v) is 4.29. The van der Waals surface area contributed by atoms with Gasteiger partial charge in [0.05, 0.1) is 11.7 Å². The monoisotopic (exact) mass is 335 g/mol. The zero-order chi connectivity index (χ0) is 17.1. The number of nitrogens with zero attached hydrogens (tertiary/aromatic N) is 6. The number of nitrogens with one attached hydrogen (secondary N) is 1. The van der Waals surface area contributed by atoms with Crippen LogP contribution in [0.1, 0.15) is 30.3 Å². The number of tetrazole rings is 1.